The van der Waals surface area contributed by atoms with E-state index < -0.39 is 10.0 Å². The van der Waals surface area contributed by atoms with Crippen LogP contribution in [0, 0.1) is 0 Å². The lowest BCUT2D eigenvalue weighted by atomic mass is 10.1. The van der Waals surface area contributed by atoms with Gasteiger partial charge in [0.25, 0.3) is 10.0 Å². The SMILES string of the molecule is CCc1ccccc1NS(=O)(=O)c1ccc(OC)c(OC)c1. The zero-order valence-electron chi connectivity index (χ0n) is 12.8. The molecular formula is C16H19NO4S. The lowest BCUT2D eigenvalue weighted by molar-refractivity contribution is 0.354. The predicted molar refractivity (Wildman–Crippen MR) is 86.2 cm³/mol. The van der Waals surface area contributed by atoms with Crippen molar-refractivity contribution in [3.63, 3.8) is 0 Å². The minimum absolute atomic E-state index is 0.121. The largest absolute Gasteiger partial charge is 0.493 e. The van der Waals surface area contributed by atoms with Crippen LogP contribution in [0.1, 0.15) is 12.5 Å². The maximum absolute atomic E-state index is 12.5. The van der Waals surface area contributed by atoms with E-state index in [2.05, 4.69) is 4.72 Å². The number of sulfonamides is 1. The highest BCUT2D eigenvalue weighted by molar-refractivity contribution is 7.92. The Bertz CT molecular complexity index is 756. The summed E-state index contributed by atoms with van der Waals surface area (Å²) in [6.45, 7) is 1.98. The molecule has 6 heteroatoms. The number of benzene rings is 2. The molecule has 0 aliphatic carbocycles. The maximum atomic E-state index is 12.5. The summed E-state index contributed by atoms with van der Waals surface area (Å²) in [6, 6.07) is 11.8. The molecule has 0 fully saturated rings. The summed E-state index contributed by atoms with van der Waals surface area (Å²) in [6.07, 6.45) is 0.741. The molecule has 0 heterocycles. The predicted octanol–water partition coefficient (Wildman–Crippen LogP) is 3.07. The van der Waals surface area contributed by atoms with Gasteiger partial charge in [0.2, 0.25) is 0 Å². The van der Waals surface area contributed by atoms with Gasteiger partial charge in [-0.2, -0.15) is 0 Å². The highest BCUT2D eigenvalue weighted by atomic mass is 32.2. The average molecular weight is 321 g/mol. The number of aryl methyl sites for hydroxylation is 1. The molecule has 0 aliphatic heterocycles. The quantitative estimate of drug-likeness (QED) is 0.888. The van der Waals surface area contributed by atoms with E-state index in [-0.39, 0.29) is 4.90 Å². The van der Waals surface area contributed by atoms with E-state index in [4.69, 9.17) is 9.47 Å². The van der Waals surface area contributed by atoms with Crippen LogP contribution in [0.4, 0.5) is 5.69 Å². The summed E-state index contributed by atoms with van der Waals surface area (Å²) in [5.74, 6) is 0.851. The van der Waals surface area contributed by atoms with E-state index in [1.807, 2.05) is 19.1 Å². The van der Waals surface area contributed by atoms with E-state index in [9.17, 15) is 8.42 Å². The zero-order chi connectivity index (χ0) is 16.2. The second-order valence-electron chi connectivity index (χ2n) is 4.63. The van der Waals surface area contributed by atoms with Gasteiger partial charge in [-0.25, -0.2) is 8.42 Å². The molecule has 2 aromatic carbocycles. The highest BCUT2D eigenvalue weighted by Crippen LogP contribution is 2.30. The number of para-hydroxylation sites is 1. The summed E-state index contributed by atoms with van der Waals surface area (Å²) in [7, 11) is -0.721. The van der Waals surface area contributed by atoms with Gasteiger partial charge in [-0.05, 0) is 30.2 Å². The molecule has 0 aliphatic rings. The molecule has 0 radical (unpaired) electrons. The second kappa shape index (κ2) is 6.70. The molecule has 0 aromatic heterocycles. The van der Waals surface area contributed by atoms with Gasteiger partial charge in [-0.1, -0.05) is 25.1 Å². The number of hydrogen-bond donors (Lipinski definition) is 1. The van der Waals surface area contributed by atoms with E-state index >= 15 is 0 Å². The summed E-state index contributed by atoms with van der Waals surface area (Å²) >= 11 is 0. The van der Waals surface area contributed by atoms with Gasteiger partial charge in [-0.3, -0.25) is 4.72 Å². The standard InChI is InChI=1S/C16H19NO4S/c1-4-12-7-5-6-8-14(12)17-22(18,19)13-9-10-15(20-2)16(11-13)21-3/h5-11,17H,4H2,1-3H3. The summed E-state index contributed by atoms with van der Waals surface area (Å²) < 4.78 is 37.9. The maximum Gasteiger partial charge on any atom is 0.262 e. The van der Waals surface area contributed by atoms with Gasteiger partial charge in [0, 0.05) is 6.07 Å². The second-order valence-corrected chi connectivity index (χ2v) is 6.32. The monoisotopic (exact) mass is 321 g/mol. The van der Waals surface area contributed by atoms with E-state index in [1.54, 1.807) is 18.2 Å². The molecule has 2 aromatic rings. The molecule has 0 amide bonds. The molecule has 22 heavy (non-hydrogen) atoms. The van der Waals surface area contributed by atoms with Crippen LogP contribution in [0.25, 0.3) is 0 Å². The zero-order valence-corrected chi connectivity index (χ0v) is 13.6. The third-order valence-corrected chi connectivity index (χ3v) is 4.67. The van der Waals surface area contributed by atoms with Crippen molar-refractivity contribution in [3.05, 3.63) is 48.0 Å². The van der Waals surface area contributed by atoms with Crippen LogP contribution >= 0.6 is 0 Å². The van der Waals surface area contributed by atoms with Crippen LogP contribution in [0.15, 0.2) is 47.4 Å². The van der Waals surface area contributed by atoms with Gasteiger partial charge in [-0.15, -0.1) is 0 Å². The number of rotatable bonds is 6. The van der Waals surface area contributed by atoms with Crippen molar-refractivity contribution in [2.45, 2.75) is 18.2 Å². The Morgan fingerprint density at radius 3 is 2.32 bits per heavy atom. The smallest absolute Gasteiger partial charge is 0.262 e. The molecule has 118 valence electrons. The first kappa shape index (κ1) is 16.2. The molecule has 1 N–H and O–H groups in total. The van der Waals surface area contributed by atoms with E-state index in [0.29, 0.717) is 17.2 Å². The minimum Gasteiger partial charge on any atom is -0.493 e. The molecule has 0 saturated carbocycles. The lowest BCUT2D eigenvalue weighted by Gasteiger charge is -2.13. The first-order valence-electron chi connectivity index (χ1n) is 6.84. The summed E-state index contributed by atoms with van der Waals surface area (Å²) in [5, 5.41) is 0. The van der Waals surface area contributed by atoms with Crippen LogP contribution in [-0.2, 0) is 16.4 Å². The Hall–Kier alpha value is -2.21. The molecule has 0 unspecified atom stereocenters. The van der Waals surface area contributed by atoms with Gasteiger partial charge in [0.15, 0.2) is 11.5 Å². The molecule has 5 nitrogen and oxygen atoms in total. The van der Waals surface area contributed by atoms with Crippen LogP contribution in [0.2, 0.25) is 0 Å². The molecule has 0 spiro atoms. The van der Waals surface area contributed by atoms with Crippen molar-refractivity contribution in [2.75, 3.05) is 18.9 Å². The van der Waals surface area contributed by atoms with Crippen LogP contribution in [0.5, 0.6) is 11.5 Å². The average Bonchev–Trinajstić information content (AvgIpc) is 2.54. The number of nitrogens with one attached hydrogen (secondary N) is 1. The first-order chi connectivity index (χ1) is 10.5. The lowest BCUT2D eigenvalue weighted by Crippen LogP contribution is -2.14. The number of ether oxygens (including phenoxy) is 2. The molecule has 0 atom stereocenters. The van der Waals surface area contributed by atoms with Crippen molar-refractivity contribution in [3.8, 4) is 11.5 Å². The third kappa shape index (κ3) is 3.33. The molecular weight excluding hydrogens is 302 g/mol. The fraction of sp³-hybridized carbons (Fsp3) is 0.250. The fourth-order valence-electron chi connectivity index (χ4n) is 2.12. The van der Waals surface area contributed by atoms with Crippen molar-refractivity contribution in [1.29, 1.82) is 0 Å². The first-order valence-corrected chi connectivity index (χ1v) is 8.33. The van der Waals surface area contributed by atoms with Gasteiger partial charge < -0.3 is 9.47 Å². The highest BCUT2D eigenvalue weighted by Gasteiger charge is 2.18. The minimum atomic E-state index is -3.69. The van der Waals surface area contributed by atoms with Crippen molar-refractivity contribution in [1.82, 2.24) is 0 Å². The third-order valence-electron chi connectivity index (χ3n) is 3.31. The van der Waals surface area contributed by atoms with E-state index in [0.717, 1.165) is 12.0 Å². The Kier molecular flexibility index (Phi) is 4.92. The Morgan fingerprint density at radius 2 is 1.68 bits per heavy atom. The summed E-state index contributed by atoms with van der Waals surface area (Å²) in [5.41, 5.74) is 1.52. The Balaban J connectivity index is 2.38. The van der Waals surface area contributed by atoms with Crippen LogP contribution in [-0.4, -0.2) is 22.6 Å². The summed E-state index contributed by atoms with van der Waals surface area (Å²) in [4.78, 5) is 0.121. The molecule has 0 bridgehead atoms. The van der Waals surface area contributed by atoms with Gasteiger partial charge in [0.05, 0.1) is 24.8 Å². The Labute approximate surface area is 130 Å². The van der Waals surface area contributed by atoms with Crippen LogP contribution in [0.3, 0.4) is 0 Å². The number of hydrogen-bond acceptors (Lipinski definition) is 4. The normalized spacial score (nSPS) is 11.0. The molecule has 2 rings (SSSR count). The molecule has 0 saturated heterocycles. The number of anilines is 1. The van der Waals surface area contributed by atoms with Crippen molar-refractivity contribution in [2.24, 2.45) is 0 Å². The van der Waals surface area contributed by atoms with Gasteiger partial charge in [0.1, 0.15) is 0 Å². The topological polar surface area (TPSA) is 64.6 Å². The van der Waals surface area contributed by atoms with Crippen LogP contribution < -0.4 is 14.2 Å². The van der Waals surface area contributed by atoms with Crippen molar-refractivity contribution < 1.29 is 17.9 Å². The van der Waals surface area contributed by atoms with Gasteiger partial charge >= 0.3 is 0 Å². The Morgan fingerprint density at radius 1 is 1.00 bits per heavy atom. The van der Waals surface area contributed by atoms with E-state index in [1.165, 1.54) is 26.4 Å². The number of methoxy groups -OCH3 is 2. The van der Waals surface area contributed by atoms with Crippen molar-refractivity contribution >= 4 is 15.7 Å². The fourth-order valence-corrected chi connectivity index (χ4v) is 3.23.